The fourth-order valence-electron chi connectivity index (χ4n) is 2.39. The van der Waals surface area contributed by atoms with E-state index in [9.17, 15) is 19.2 Å². The van der Waals surface area contributed by atoms with Crippen LogP contribution in [0.25, 0.3) is 0 Å². The van der Waals surface area contributed by atoms with Gasteiger partial charge in [-0.3, -0.25) is 14.4 Å². The second-order valence-corrected chi connectivity index (χ2v) is 8.11. The molecule has 0 saturated carbocycles. The maximum atomic E-state index is 12.1. The minimum atomic E-state index is -1.87. The molecule has 28 heavy (non-hydrogen) atoms. The number of hydrogen-bond acceptors (Lipinski definition) is 10. The van der Waals surface area contributed by atoms with Gasteiger partial charge in [-0.25, -0.2) is 4.79 Å². The molecule has 0 N–H and O–H groups in total. The summed E-state index contributed by atoms with van der Waals surface area (Å²) < 4.78 is 28.9. The van der Waals surface area contributed by atoms with Crippen LogP contribution in [0.5, 0.6) is 0 Å². The highest BCUT2D eigenvalue weighted by Gasteiger charge is 2.55. The van der Waals surface area contributed by atoms with Crippen LogP contribution in [-0.4, -0.2) is 72.1 Å². The van der Waals surface area contributed by atoms with E-state index in [1.54, 1.807) is 0 Å². The van der Waals surface area contributed by atoms with Gasteiger partial charge in [-0.1, -0.05) is 34.8 Å². The summed E-state index contributed by atoms with van der Waals surface area (Å²) in [6.07, 6.45) is -7.50. The zero-order valence-corrected chi connectivity index (χ0v) is 17.6. The Labute approximate surface area is 175 Å². The predicted octanol–water partition coefficient (Wildman–Crippen LogP) is 1.07. The van der Waals surface area contributed by atoms with Crippen LogP contribution in [0.3, 0.4) is 0 Å². The van der Waals surface area contributed by atoms with Crippen molar-refractivity contribution >= 4 is 58.7 Å². The molecule has 0 amide bonds. The summed E-state index contributed by atoms with van der Waals surface area (Å²) in [4.78, 5) is 46.8. The lowest BCUT2D eigenvalue weighted by Crippen LogP contribution is -2.64. The molecule has 0 aromatic heterocycles. The van der Waals surface area contributed by atoms with Gasteiger partial charge in [-0.05, 0) is 0 Å². The summed E-state index contributed by atoms with van der Waals surface area (Å²) in [7, 11) is 1.06. The van der Waals surface area contributed by atoms with Crippen LogP contribution in [0.2, 0.25) is 0 Å². The molecule has 0 aromatic rings. The summed E-state index contributed by atoms with van der Waals surface area (Å²) in [6, 6.07) is 0. The van der Waals surface area contributed by atoms with E-state index < -0.39 is 65.0 Å². The Balaban J connectivity index is 3.34. The van der Waals surface area contributed by atoms with Gasteiger partial charge in [0.15, 0.2) is 30.7 Å². The van der Waals surface area contributed by atoms with Crippen molar-refractivity contribution in [2.24, 2.45) is 0 Å². The molecule has 160 valence electrons. The van der Waals surface area contributed by atoms with Crippen LogP contribution >= 0.6 is 34.8 Å². The van der Waals surface area contributed by atoms with Gasteiger partial charge in [0, 0.05) is 20.8 Å². The fraction of sp³-hybridized carbons (Fsp3) is 0.733. The van der Waals surface area contributed by atoms with Gasteiger partial charge < -0.3 is 28.4 Å². The van der Waals surface area contributed by atoms with E-state index in [2.05, 4.69) is 4.74 Å². The Hall–Kier alpha value is -1.33. The van der Waals surface area contributed by atoms with Crippen LogP contribution in [0, 0.1) is 0 Å². The number of methoxy groups -OCH3 is 1. The Morgan fingerprint density at radius 2 is 1.32 bits per heavy atom. The lowest BCUT2D eigenvalue weighted by Gasteiger charge is -2.43. The van der Waals surface area contributed by atoms with Crippen LogP contribution in [0.15, 0.2) is 0 Å². The zero-order chi connectivity index (χ0) is 21.6. The molecule has 1 heterocycles. The van der Waals surface area contributed by atoms with Gasteiger partial charge >= 0.3 is 23.9 Å². The molecule has 0 spiro atoms. The Morgan fingerprint density at radius 1 is 0.857 bits per heavy atom. The lowest BCUT2D eigenvalue weighted by molar-refractivity contribution is -0.301. The molecule has 5 atom stereocenters. The van der Waals surface area contributed by atoms with E-state index in [1.165, 1.54) is 0 Å². The Morgan fingerprint density at radius 3 is 1.75 bits per heavy atom. The zero-order valence-electron chi connectivity index (χ0n) is 15.3. The van der Waals surface area contributed by atoms with Gasteiger partial charge in [-0.2, -0.15) is 0 Å². The van der Waals surface area contributed by atoms with Crippen LogP contribution in [0.1, 0.15) is 20.8 Å². The Bertz CT molecular complexity index is 605. The van der Waals surface area contributed by atoms with E-state index >= 15 is 0 Å². The third-order valence-corrected chi connectivity index (χ3v) is 3.57. The Kier molecular flexibility index (Phi) is 9.22. The number of hydrogen-bond donors (Lipinski definition) is 0. The third-order valence-electron chi connectivity index (χ3n) is 3.25. The highest BCUT2D eigenvalue weighted by molar-refractivity contribution is 6.67. The maximum absolute atomic E-state index is 12.1. The molecule has 1 rings (SSSR count). The van der Waals surface area contributed by atoms with Crippen molar-refractivity contribution in [3.63, 3.8) is 0 Å². The monoisotopic (exact) mass is 464 g/mol. The van der Waals surface area contributed by atoms with Crippen molar-refractivity contribution in [2.45, 2.75) is 55.3 Å². The summed E-state index contributed by atoms with van der Waals surface area (Å²) in [5, 5.41) is 0. The first-order valence-corrected chi connectivity index (χ1v) is 8.92. The van der Waals surface area contributed by atoms with E-state index in [1.807, 2.05) is 0 Å². The van der Waals surface area contributed by atoms with Crippen LogP contribution in [0.4, 0.5) is 0 Å². The number of carbonyl (C=O) groups is 4. The minimum absolute atomic E-state index is 0.529. The number of alkyl halides is 3. The summed E-state index contributed by atoms with van der Waals surface area (Å²) in [5.41, 5.74) is 0. The topological polar surface area (TPSA) is 124 Å². The molecule has 10 nitrogen and oxygen atoms in total. The first-order chi connectivity index (χ1) is 12.9. The molecule has 1 aliphatic rings. The van der Waals surface area contributed by atoms with Crippen molar-refractivity contribution in [1.82, 2.24) is 0 Å². The molecule has 3 unspecified atom stereocenters. The SMILES string of the molecule is COC(=O)C1O[C@@H](OCC(Cl)(Cl)Cl)C(OC(C)=O)C(OC(C)=O)[C@@H]1OC(C)=O. The lowest BCUT2D eigenvalue weighted by atomic mass is 9.97. The standard InChI is InChI=1S/C15H19Cl3O10/c1-6(19)25-9-10(26-7(2)20)12(27-8(3)21)14(24-5-15(16,17)18)28-11(9)13(22)23-4/h9-12,14H,5H2,1-4H3/t9-,10?,11?,12?,14+/m0/s1. The highest BCUT2D eigenvalue weighted by atomic mass is 35.6. The number of carbonyl (C=O) groups excluding carboxylic acids is 4. The molecule has 0 radical (unpaired) electrons. The van der Waals surface area contributed by atoms with Crippen molar-refractivity contribution < 1.29 is 47.6 Å². The molecule has 0 aromatic carbocycles. The number of rotatable bonds is 6. The number of ether oxygens (including phenoxy) is 6. The molecule has 0 bridgehead atoms. The number of esters is 4. The minimum Gasteiger partial charge on any atom is -0.467 e. The smallest absolute Gasteiger partial charge is 0.339 e. The van der Waals surface area contributed by atoms with Crippen LogP contribution in [-0.2, 0) is 47.6 Å². The average molecular weight is 466 g/mol. The van der Waals surface area contributed by atoms with Gasteiger partial charge in [0.2, 0.25) is 3.79 Å². The first-order valence-electron chi connectivity index (χ1n) is 7.79. The summed E-state index contributed by atoms with van der Waals surface area (Å²) >= 11 is 16.9. The maximum Gasteiger partial charge on any atom is 0.339 e. The van der Waals surface area contributed by atoms with Crippen molar-refractivity contribution in [3.8, 4) is 0 Å². The quantitative estimate of drug-likeness (QED) is 0.319. The van der Waals surface area contributed by atoms with Gasteiger partial charge in [0.1, 0.15) is 0 Å². The highest BCUT2D eigenvalue weighted by Crippen LogP contribution is 2.33. The molecular formula is C15H19Cl3O10. The third kappa shape index (κ3) is 7.59. The van der Waals surface area contributed by atoms with E-state index in [-0.39, 0.29) is 0 Å². The molecule has 1 saturated heterocycles. The average Bonchev–Trinajstić information content (AvgIpc) is 2.54. The van der Waals surface area contributed by atoms with Crippen molar-refractivity contribution in [3.05, 3.63) is 0 Å². The normalized spacial score (nSPS) is 27.5. The molecule has 13 heteroatoms. The van der Waals surface area contributed by atoms with Gasteiger partial charge in [0.05, 0.1) is 13.7 Å². The predicted molar refractivity (Wildman–Crippen MR) is 93.6 cm³/mol. The second-order valence-electron chi connectivity index (χ2n) is 5.60. The van der Waals surface area contributed by atoms with Crippen molar-refractivity contribution in [2.75, 3.05) is 13.7 Å². The van der Waals surface area contributed by atoms with E-state index in [0.29, 0.717) is 0 Å². The number of halogens is 3. The summed E-state index contributed by atoms with van der Waals surface area (Å²) in [6.45, 7) is 2.67. The molecule has 1 aliphatic heterocycles. The first kappa shape index (κ1) is 24.7. The van der Waals surface area contributed by atoms with Gasteiger partial charge in [0.25, 0.3) is 0 Å². The molecular weight excluding hydrogens is 447 g/mol. The molecule has 1 fully saturated rings. The van der Waals surface area contributed by atoms with E-state index in [0.717, 1.165) is 27.9 Å². The second kappa shape index (κ2) is 10.4. The van der Waals surface area contributed by atoms with E-state index in [4.69, 9.17) is 58.5 Å². The largest absolute Gasteiger partial charge is 0.467 e. The van der Waals surface area contributed by atoms with Gasteiger partial charge in [-0.15, -0.1) is 0 Å². The molecule has 0 aliphatic carbocycles. The fourth-order valence-corrected chi connectivity index (χ4v) is 2.58. The van der Waals surface area contributed by atoms with Crippen LogP contribution < -0.4 is 0 Å². The summed E-state index contributed by atoms with van der Waals surface area (Å²) in [5.74, 6) is -3.40. The van der Waals surface area contributed by atoms with Crippen molar-refractivity contribution in [1.29, 1.82) is 0 Å².